The van der Waals surface area contributed by atoms with E-state index < -0.39 is 6.10 Å². The first-order valence-electron chi connectivity index (χ1n) is 7.32. The minimum atomic E-state index is -0.457. The molecule has 4 nitrogen and oxygen atoms in total. The molecule has 2 rings (SSSR count). The summed E-state index contributed by atoms with van der Waals surface area (Å²) < 4.78 is 10.7. The van der Waals surface area contributed by atoms with Crippen LogP contribution in [0.4, 0.5) is 0 Å². The molecule has 4 heteroatoms. The highest BCUT2D eigenvalue weighted by Gasteiger charge is 2.21. The van der Waals surface area contributed by atoms with Crippen molar-refractivity contribution >= 4 is 0 Å². The first-order chi connectivity index (χ1) is 9.69. The SMILES string of the molecule is COc1cccc([C@@H](C)NCC(O)COCC2CC2)c1. The van der Waals surface area contributed by atoms with E-state index in [1.54, 1.807) is 7.11 Å². The molecule has 2 atom stereocenters. The predicted molar refractivity (Wildman–Crippen MR) is 79.0 cm³/mol. The van der Waals surface area contributed by atoms with Crippen LogP contribution < -0.4 is 10.1 Å². The lowest BCUT2D eigenvalue weighted by Crippen LogP contribution is -2.32. The molecular formula is C16H25NO3. The molecule has 1 saturated carbocycles. The molecule has 0 spiro atoms. The maximum absolute atomic E-state index is 9.87. The molecule has 20 heavy (non-hydrogen) atoms. The van der Waals surface area contributed by atoms with E-state index in [0.29, 0.717) is 13.2 Å². The Morgan fingerprint density at radius 3 is 2.90 bits per heavy atom. The van der Waals surface area contributed by atoms with Gasteiger partial charge in [-0.15, -0.1) is 0 Å². The summed E-state index contributed by atoms with van der Waals surface area (Å²) in [4.78, 5) is 0. The number of aliphatic hydroxyl groups is 1. The molecule has 1 aliphatic carbocycles. The summed E-state index contributed by atoms with van der Waals surface area (Å²) in [6, 6.07) is 8.13. The van der Waals surface area contributed by atoms with Crippen molar-refractivity contribution in [3.63, 3.8) is 0 Å². The minimum absolute atomic E-state index is 0.170. The zero-order chi connectivity index (χ0) is 14.4. The van der Waals surface area contributed by atoms with E-state index in [2.05, 4.69) is 18.3 Å². The lowest BCUT2D eigenvalue weighted by molar-refractivity contribution is 0.0315. The Morgan fingerprint density at radius 2 is 2.20 bits per heavy atom. The lowest BCUT2D eigenvalue weighted by atomic mass is 10.1. The number of hydrogen-bond acceptors (Lipinski definition) is 4. The molecular weight excluding hydrogens is 254 g/mol. The molecule has 0 radical (unpaired) electrons. The highest BCUT2D eigenvalue weighted by Crippen LogP contribution is 2.28. The Bertz CT molecular complexity index is 406. The summed E-state index contributed by atoms with van der Waals surface area (Å²) in [5.74, 6) is 1.59. The number of ether oxygens (including phenoxy) is 2. The Morgan fingerprint density at radius 1 is 1.40 bits per heavy atom. The second-order valence-electron chi connectivity index (χ2n) is 5.54. The second-order valence-corrected chi connectivity index (χ2v) is 5.54. The molecule has 1 aromatic carbocycles. The van der Waals surface area contributed by atoms with Crippen LogP contribution in [0.15, 0.2) is 24.3 Å². The largest absolute Gasteiger partial charge is 0.497 e. The molecule has 0 bridgehead atoms. The third kappa shape index (κ3) is 5.12. The van der Waals surface area contributed by atoms with Gasteiger partial charge >= 0.3 is 0 Å². The monoisotopic (exact) mass is 279 g/mol. The van der Waals surface area contributed by atoms with Gasteiger partial charge in [-0.3, -0.25) is 0 Å². The van der Waals surface area contributed by atoms with Gasteiger partial charge < -0.3 is 19.9 Å². The normalized spacial score (nSPS) is 17.8. The van der Waals surface area contributed by atoms with Crippen molar-refractivity contribution < 1.29 is 14.6 Å². The third-order valence-electron chi connectivity index (χ3n) is 3.61. The summed E-state index contributed by atoms with van der Waals surface area (Å²) in [5, 5.41) is 13.2. The molecule has 1 fully saturated rings. The molecule has 112 valence electrons. The lowest BCUT2D eigenvalue weighted by Gasteiger charge is -2.18. The number of nitrogens with one attached hydrogen (secondary N) is 1. The van der Waals surface area contributed by atoms with Gasteiger partial charge in [-0.05, 0) is 43.4 Å². The number of methoxy groups -OCH3 is 1. The summed E-state index contributed by atoms with van der Waals surface area (Å²) in [6.07, 6.45) is 2.10. The van der Waals surface area contributed by atoms with Crippen LogP contribution in [0.1, 0.15) is 31.4 Å². The Kier molecular flexibility index (Phi) is 5.83. The van der Waals surface area contributed by atoms with Gasteiger partial charge in [0, 0.05) is 19.2 Å². The van der Waals surface area contributed by atoms with Crippen LogP contribution >= 0.6 is 0 Å². The van der Waals surface area contributed by atoms with E-state index in [1.165, 1.54) is 12.8 Å². The molecule has 1 aliphatic rings. The van der Waals surface area contributed by atoms with Gasteiger partial charge in [0.25, 0.3) is 0 Å². The Balaban J connectivity index is 1.68. The molecule has 0 aliphatic heterocycles. The molecule has 2 N–H and O–H groups in total. The fourth-order valence-corrected chi connectivity index (χ4v) is 2.06. The second kappa shape index (κ2) is 7.62. The van der Waals surface area contributed by atoms with Crippen LogP contribution in [0.5, 0.6) is 5.75 Å². The number of rotatable bonds is 9. The maximum Gasteiger partial charge on any atom is 0.119 e. The molecule has 1 aromatic rings. The number of aliphatic hydroxyl groups excluding tert-OH is 1. The molecule has 0 saturated heterocycles. The van der Waals surface area contributed by atoms with Crippen molar-refractivity contribution in [2.24, 2.45) is 5.92 Å². The van der Waals surface area contributed by atoms with Gasteiger partial charge in [0.1, 0.15) is 5.75 Å². The van der Waals surface area contributed by atoms with Crippen LogP contribution in [-0.4, -0.2) is 38.1 Å². The van der Waals surface area contributed by atoms with E-state index in [0.717, 1.165) is 23.8 Å². The van der Waals surface area contributed by atoms with E-state index >= 15 is 0 Å². The van der Waals surface area contributed by atoms with Gasteiger partial charge in [-0.1, -0.05) is 12.1 Å². The quantitative estimate of drug-likeness (QED) is 0.727. The van der Waals surface area contributed by atoms with E-state index in [9.17, 15) is 5.11 Å². The first kappa shape index (κ1) is 15.3. The van der Waals surface area contributed by atoms with Gasteiger partial charge in [0.2, 0.25) is 0 Å². The topological polar surface area (TPSA) is 50.7 Å². The van der Waals surface area contributed by atoms with Crippen molar-refractivity contribution in [3.8, 4) is 5.75 Å². The minimum Gasteiger partial charge on any atom is -0.497 e. The Labute approximate surface area is 121 Å². The zero-order valence-electron chi connectivity index (χ0n) is 12.3. The summed E-state index contributed by atoms with van der Waals surface area (Å²) in [7, 11) is 1.66. The average molecular weight is 279 g/mol. The van der Waals surface area contributed by atoms with Gasteiger partial charge in [-0.25, -0.2) is 0 Å². The fourth-order valence-electron chi connectivity index (χ4n) is 2.06. The standard InChI is InChI=1S/C16H25NO3/c1-12(14-4-3-5-16(8-14)19-2)17-9-15(18)11-20-10-13-6-7-13/h3-5,8,12-13,15,17-18H,6-7,9-11H2,1-2H3/t12-,15?/m1/s1. The van der Waals surface area contributed by atoms with Crippen molar-refractivity contribution in [2.75, 3.05) is 26.9 Å². The smallest absolute Gasteiger partial charge is 0.119 e. The average Bonchev–Trinajstić information content (AvgIpc) is 3.29. The number of benzene rings is 1. The molecule has 0 aromatic heterocycles. The van der Waals surface area contributed by atoms with Crippen LogP contribution in [0.3, 0.4) is 0 Å². The Hall–Kier alpha value is -1.10. The highest BCUT2D eigenvalue weighted by molar-refractivity contribution is 5.30. The van der Waals surface area contributed by atoms with Gasteiger partial charge in [0.05, 0.1) is 19.8 Å². The maximum atomic E-state index is 9.87. The zero-order valence-corrected chi connectivity index (χ0v) is 12.3. The van der Waals surface area contributed by atoms with E-state index in [-0.39, 0.29) is 6.04 Å². The first-order valence-corrected chi connectivity index (χ1v) is 7.32. The van der Waals surface area contributed by atoms with Crippen LogP contribution in [0.2, 0.25) is 0 Å². The van der Waals surface area contributed by atoms with E-state index in [4.69, 9.17) is 9.47 Å². The fraction of sp³-hybridized carbons (Fsp3) is 0.625. The van der Waals surface area contributed by atoms with Gasteiger partial charge in [-0.2, -0.15) is 0 Å². The van der Waals surface area contributed by atoms with Crippen LogP contribution in [0.25, 0.3) is 0 Å². The van der Waals surface area contributed by atoms with Crippen LogP contribution in [-0.2, 0) is 4.74 Å². The van der Waals surface area contributed by atoms with Crippen LogP contribution in [0, 0.1) is 5.92 Å². The van der Waals surface area contributed by atoms with Crippen molar-refractivity contribution in [3.05, 3.63) is 29.8 Å². The third-order valence-corrected chi connectivity index (χ3v) is 3.61. The summed E-state index contributed by atoms with van der Waals surface area (Å²) in [5.41, 5.74) is 1.15. The van der Waals surface area contributed by atoms with Crippen molar-refractivity contribution in [2.45, 2.75) is 31.9 Å². The van der Waals surface area contributed by atoms with Crippen molar-refractivity contribution in [1.29, 1.82) is 0 Å². The van der Waals surface area contributed by atoms with E-state index in [1.807, 2.05) is 18.2 Å². The molecule has 1 unspecified atom stereocenters. The molecule has 0 amide bonds. The molecule has 0 heterocycles. The summed E-state index contributed by atoms with van der Waals surface area (Å²) >= 11 is 0. The number of hydrogen-bond donors (Lipinski definition) is 2. The summed E-state index contributed by atoms with van der Waals surface area (Å²) in [6.45, 7) is 3.81. The predicted octanol–water partition coefficient (Wildman–Crippen LogP) is 2.13. The highest BCUT2D eigenvalue weighted by atomic mass is 16.5. The van der Waals surface area contributed by atoms with Gasteiger partial charge in [0.15, 0.2) is 0 Å². The van der Waals surface area contributed by atoms with Crippen molar-refractivity contribution in [1.82, 2.24) is 5.32 Å².